The van der Waals surface area contributed by atoms with Crippen LogP contribution in [0.25, 0.3) is 16.7 Å². The standard InChI is InChI=1S/C21H22/c1-15-11-13-18(14-12-15)20-9-6-10-21(17(20)3)19-8-5-4-7-16(19)2/h4,6-7,9-14H,5,8H2,1-3H3. The summed E-state index contributed by atoms with van der Waals surface area (Å²) in [5, 5.41) is 0. The molecule has 0 fully saturated rings. The van der Waals surface area contributed by atoms with Crippen molar-refractivity contribution in [2.75, 3.05) is 0 Å². The predicted molar refractivity (Wildman–Crippen MR) is 92.3 cm³/mol. The number of hydrogen-bond donors (Lipinski definition) is 0. The van der Waals surface area contributed by atoms with E-state index in [9.17, 15) is 0 Å². The molecule has 0 heterocycles. The Balaban J connectivity index is 2.11. The molecule has 106 valence electrons. The van der Waals surface area contributed by atoms with Crippen LogP contribution < -0.4 is 0 Å². The molecule has 0 nitrogen and oxygen atoms in total. The van der Waals surface area contributed by atoms with Gasteiger partial charge >= 0.3 is 0 Å². The fourth-order valence-corrected chi connectivity index (χ4v) is 3.14. The van der Waals surface area contributed by atoms with Crippen molar-refractivity contribution >= 4 is 5.57 Å². The van der Waals surface area contributed by atoms with Gasteiger partial charge in [0.05, 0.1) is 0 Å². The van der Waals surface area contributed by atoms with E-state index >= 15 is 0 Å². The van der Waals surface area contributed by atoms with Crippen molar-refractivity contribution in [2.45, 2.75) is 33.6 Å². The van der Waals surface area contributed by atoms with E-state index < -0.39 is 0 Å². The van der Waals surface area contributed by atoms with Crippen molar-refractivity contribution in [3.8, 4) is 11.1 Å². The normalized spacial score (nSPS) is 14.6. The maximum Gasteiger partial charge on any atom is -0.0149 e. The lowest BCUT2D eigenvalue weighted by molar-refractivity contribution is 1.03. The first-order valence-electron chi connectivity index (χ1n) is 7.70. The summed E-state index contributed by atoms with van der Waals surface area (Å²) in [5.41, 5.74) is 9.69. The summed E-state index contributed by atoms with van der Waals surface area (Å²) in [6, 6.07) is 15.5. The molecule has 0 amide bonds. The molecule has 1 aliphatic rings. The van der Waals surface area contributed by atoms with Gasteiger partial charge < -0.3 is 0 Å². The van der Waals surface area contributed by atoms with Gasteiger partial charge in [0.15, 0.2) is 0 Å². The average molecular weight is 274 g/mol. The summed E-state index contributed by atoms with van der Waals surface area (Å²) in [5.74, 6) is 0. The third-order valence-electron chi connectivity index (χ3n) is 4.43. The molecule has 0 N–H and O–H groups in total. The molecule has 0 bridgehead atoms. The summed E-state index contributed by atoms with van der Waals surface area (Å²) in [6.45, 7) is 6.61. The molecular weight excluding hydrogens is 252 g/mol. The van der Waals surface area contributed by atoms with Crippen LogP contribution in [-0.2, 0) is 0 Å². The van der Waals surface area contributed by atoms with Crippen molar-refractivity contribution in [2.24, 2.45) is 0 Å². The third-order valence-corrected chi connectivity index (χ3v) is 4.43. The zero-order chi connectivity index (χ0) is 14.8. The van der Waals surface area contributed by atoms with Crippen molar-refractivity contribution in [1.82, 2.24) is 0 Å². The van der Waals surface area contributed by atoms with Crippen LogP contribution in [0.2, 0.25) is 0 Å². The minimum atomic E-state index is 1.15. The topological polar surface area (TPSA) is 0 Å². The number of benzene rings is 2. The summed E-state index contributed by atoms with van der Waals surface area (Å²) >= 11 is 0. The van der Waals surface area contributed by atoms with Gasteiger partial charge in [0.2, 0.25) is 0 Å². The summed E-state index contributed by atoms with van der Waals surface area (Å²) in [7, 11) is 0. The van der Waals surface area contributed by atoms with Crippen LogP contribution in [0, 0.1) is 13.8 Å². The van der Waals surface area contributed by atoms with Gasteiger partial charge in [-0.15, -0.1) is 0 Å². The van der Waals surface area contributed by atoms with Crippen LogP contribution >= 0.6 is 0 Å². The Kier molecular flexibility index (Phi) is 3.79. The highest BCUT2D eigenvalue weighted by Gasteiger charge is 2.12. The first-order valence-corrected chi connectivity index (χ1v) is 7.70. The molecule has 0 spiro atoms. The Morgan fingerprint density at radius 3 is 2.24 bits per heavy atom. The minimum absolute atomic E-state index is 1.15. The number of hydrogen-bond acceptors (Lipinski definition) is 0. The van der Waals surface area contributed by atoms with Gasteiger partial charge in [-0.3, -0.25) is 0 Å². The SMILES string of the molecule is CC1=C(c2cccc(-c3ccc(C)cc3)c2C)CCC=C1. The average Bonchev–Trinajstić information content (AvgIpc) is 2.50. The second-order valence-electron chi connectivity index (χ2n) is 5.95. The summed E-state index contributed by atoms with van der Waals surface area (Å²) in [6.07, 6.45) is 6.84. The molecule has 0 heteroatoms. The Labute approximate surface area is 127 Å². The van der Waals surface area contributed by atoms with E-state index in [-0.39, 0.29) is 0 Å². The molecule has 2 aromatic rings. The van der Waals surface area contributed by atoms with Gasteiger partial charge in [0.25, 0.3) is 0 Å². The van der Waals surface area contributed by atoms with Crippen molar-refractivity contribution < 1.29 is 0 Å². The zero-order valence-corrected chi connectivity index (χ0v) is 13.1. The highest BCUT2D eigenvalue weighted by atomic mass is 14.2. The Morgan fingerprint density at radius 2 is 1.52 bits per heavy atom. The van der Waals surface area contributed by atoms with Gasteiger partial charge in [-0.1, -0.05) is 60.2 Å². The molecule has 0 aliphatic heterocycles. The molecule has 0 saturated heterocycles. The van der Waals surface area contributed by atoms with E-state index in [4.69, 9.17) is 0 Å². The predicted octanol–water partition coefficient (Wildman–Crippen LogP) is 6.09. The Hall–Kier alpha value is -2.08. The highest BCUT2D eigenvalue weighted by Crippen LogP contribution is 2.34. The quantitative estimate of drug-likeness (QED) is 0.621. The van der Waals surface area contributed by atoms with E-state index in [1.165, 1.54) is 39.0 Å². The molecule has 3 rings (SSSR count). The minimum Gasteiger partial charge on any atom is -0.0839 e. The van der Waals surface area contributed by atoms with Gasteiger partial charge in [-0.05, 0) is 67.0 Å². The largest absolute Gasteiger partial charge is 0.0839 e. The van der Waals surface area contributed by atoms with E-state index in [0.29, 0.717) is 0 Å². The van der Waals surface area contributed by atoms with Gasteiger partial charge in [-0.2, -0.15) is 0 Å². The van der Waals surface area contributed by atoms with Gasteiger partial charge in [-0.25, -0.2) is 0 Å². The molecule has 0 atom stereocenters. The van der Waals surface area contributed by atoms with Crippen LogP contribution in [0.3, 0.4) is 0 Å². The van der Waals surface area contributed by atoms with Crippen molar-refractivity contribution in [3.63, 3.8) is 0 Å². The lowest BCUT2D eigenvalue weighted by Crippen LogP contribution is -1.97. The molecule has 21 heavy (non-hydrogen) atoms. The summed E-state index contributed by atoms with van der Waals surface area (Å²) < 4.78 is 0. The summed E-state index contributed by atoms with van der Waals surface area (Å²) in [4.78, 5) is 0. The fourth-order valence-electron chi connectivity index (χ4n) is 3.14. The molecule has 0 aromatic heterocycles. The second-order valence-corrected chi connectivity index (χ2v) is 5.95. The monoisotopic (exact) mass is 274 g/mol. The smallest absolute Gasteiger partial charge is 0.0149 e. The third kappa shape index (κ3) is 2.71. The fraction of sp³-hybridized carbons (Fsp3) is 0.238. The Morgan fingerprint density at radius 1 is 0.810 bits per heavy atom. The van der Waals surface area contributed by atoms with E-state index in [2.05, 4.69) is 75.4 Å². The molecule has 0 saturated carbocycles. The molecule has 1 aliphatic carbocycles. The maximum absolute atomic E-state index is 2.28. The number of rotatable bonds is 2. The zero-order valence-electron chi connectivity index (χ0n) is 13.1. The van der Waals surface area contributed by atoms with Crippen LogP contribution in [0.5, 0.6) is 0 Å². The van der Waals surface area contributed by atoms with Crippen LogP contribution in [0.1, 0.15) is 36.5 Å². The molecular formula is C21H22. The van der Waals surface area contributed by atoms with E-state index in [1.54, 1.807) is 0 Å². The number of allylic oxidation sites excluding steroid dienone is 4. The Bertz CT molecular complexity index is 712. The van der Waals surface area contributed by atoms with Gasteiger partial charge in [0, 0.05) is 0 Å². The molecule has 0 unspecified atom stereocenters. The van der Waals surface area contributed by atoms with Gasteiger partial charge in [0.1, 0.15) is 0 Å². The lowest BCUT2D eigenvalue weighted by atomic mass is 9.87. The highest BCUT2D eigenvalue weighted by molar-refractivity contribution is 5.79. The van der Waals surface area contributed by atoms with Crippen LogP contribution in [0.15, 0.2) is 60.2 Å². The lowest BCUT2D eigenvalue weighted by Gasteiger charge is -2.18. The maximum atomic E-state index is 2.28. The van der Waals surface area contributed by atoms with E-state index in [1.807, 2.05) is 0 Å². The van der Waals surface area contributed by atoms with Crippen LogP contribution in [-0.4, -0.2) is 0 Å². The van der Waals surface area contributed by atoms with Crippen LogP contribution in [0.4, 0.5) is 0 Å². The van der Waals surface area contributed by atoms with Crippen molar-refractivity contribution in [3.05, 3.63) is 76.9 Å². The van der Waals surface area contributed by atoms with Crippen molar-refractivity contribution in [1.29, 1.82) is 0 Å². The molecule has 2 aromatic carbocycles. The van der Waals surface area contributed by atoms with E-state index in [0.717, 1.165) is 12.8 Å². The molecule has 0 radical (unpaired) electrons. The number of aryl methyl sites for hydroxylation is 1. The first-order chi connectivity index (χ1) is 10.2. The second kappa shape index (κ2) is 5.73. The first kappa shape index (κ1) is 13.9.